The van der Waals surface area contributed by atoms with Gasteiger partial charge in [0.15, 0.2) is 0 Å². The Hall–Kier alpha value is -2.34. The molecule has 1 saturated heterocycles. The summed E-state index contributed by atoms with van der Waals surface area (Å²) in [5, 5.41) is 13.4. The van der Waals surface area contributed by atoms with Gasteiger partial charge in [0.2, 0.25) is 0 Å². The predicted molar refractivity (Wildman–Crippen MR) is 97.0 cm³/mol. The molecule has 6 heteroatoms. The van der Waals surface area contributed by atoms with Gasteiger partial charge in [0.1, 0.15) is 0 Å². The van der Waals surface area contributed by atoms with Gasteiger partial charge in [-0.2, -0.15) is 5.10 Å². The number of H-pyrrole nitrogens is 1. The Morgan fingerprint density at radius 2 is 2.04 bits per heavy atom. The number of aromatic nitrogens is 2. The minimum atomic E-state index is 0.0788. The third kappa shape index (κ3) is 4.02. The first-order valence-electron chi connectivity index (χ1n) is 9.15. The number of nitrogens with zero attached hydrogens (tertiary/aromatic N) is 2. The van der Waals surface area contributed by atoms with E-state index in [0.29, 0.717) is 12.6 Å². The first-order chi connectivity index (χ1) is 12.3. The molecular formula is C19H25N5O. The quantitative estimate of drug-likeness (QED) is 0.784. The van der Waals surface area contributed by atoms with E-state index in [1.807, 2.05) is 17.3 Å². The van der Waals surface area contributed by atoms with E-state index >= 15 is 0 Å². The standard InChI is InChI=1S/C19H25N5O/c25-19(23-17-2-1-9-20-12-17)24(18-7-8-18)13-14-3-5-15(6-4-14)16-10-21-22-11-16/h3-6,10-11,17-18,20H,1-2,7-9,12-13H2,(H,21,22)(H,23,25)/t17-/m1/s1. The van der Waals surface area contributed by atoms with Crippen molar-refractivity contribution in [1.29, 1.82) is 0 Å². The number of hydrogen-bond donors (Lipinski definition) is 3. The third-order valence-electron chi connectivity index (χ3n) is 5.01. The maximum absolute atomic E-state index is 12.7. The van der Waals surface area contributed by atoms with E-state index in [4.69, 9.17) is 0 Å². The summed E-state index contributed by atoms with van der Waals surface area (Å²) in [4.78, 5) is 14.7. The fraction of sp³-hybridized carbons (Fsp3) is 0.474. The van der Waals surface area contributed by atoms with Crippen LogP contribution in [0.15, 0.2) is 36.7 Å². The van der Waals surface area contributed by atoms with Crippen molar-refractivity contribution < 1.29 is 4.79 Å². The number of piperidine rings is 1. The molecule has 1 atom stereocenters. The Morgan fingerprint density at radius 1 is 1.20 bits per heavy atom. The molecule has 3 N–H and O–H groups in total. The summed E-state index contributed by atoms with van der Waals surface area (Å²) in [6.07, 6.45) is 8.13. The van der Waals surface area contributed by atoms with Gasteiger partial charge in [0, 0.05) is 36.9 Å². The van der Waals surface area contributed by atoms with Crippen LogP contribution < -0.4 is 10.6 Å². The number of carbonyl (C=O) groups excluding carboxylic acids is 1. The molecule has 0 bridgehead atoms. The second-order valence-corrected chi connectivity index (χ2v) is 7.04. The molecule has 1 aromatic heterocycles. The minimum Gasteiger partial charge on any atom is -0.334 e. The Labute approximate surface area is 148 Å². The van der Waals surface area contributed by atoms with E-state index in [9.17, 15) is 4.79 Å². The molecule has 1 aromatic carbocycles. The summed E-state index contributed by atoms with van der Waals surface area (Å²) >= 11 is 0. The van der Waals surface area contributed by atoms with Crippen LogP contribution in [0.3, 0.4) is 0 Å². The number of nitrogens with one attached hydrogen (secondary N) is 3. The maximum Gasteiger partial charge on any atom is 0.318 e. The van der Waals surface area contributed by atoms with Gasteiger partial charge in [-0.25, -0.2) is 4.79 Å². The van der Waals surface area contributed by atoms with Crippen molar-refractivity contribution in [3.8, 4) is 11.1 Å². The molecule has 132 valence electrons. The zero-order chi connectivity index (χ0) is 17.1. The zero-order valence-corrected chi connectivity index (χ0v) is 14.4. The normalized spacial score (nSPS) is 20.2. The van der Waals surface area contributed by atoms with Crippen LogP contribution in [0.2, 0.25) is 0 Å². The lowest BCUT2D eigenvalue weighted by atomic mass is 10.1. The van der Waals surface area contributed by atoms with E-state index in [-0.39, 0.29) is 12.1 Å². The molecule has 2 aliphatic rings. The molecule has 6 nitrogen and oxygen atoms in total. The molecule has 4 rings (SSSR count). The molecule has 1 saturated carbocycles. The summed E-state index contributed by atoms with van der Waals surface area (Å²) < 4.78 is 0. The van der Waals surface area contributed by atoms with Crippen LogP contribution in [0.25, 0.3) is 11.1 Å². The molecule has 0 radical (unpaired) electrons. The highest BCUT2D eigenvalue weighted by Crippen LogP contribution is 2.29. The van der Waals surface area contributed by atoms with Crippen molar-refractivity contribution in [3.63, 3.8) is 0 Å². The average molecular weight is 339 g/mol. The molecule has 2 aromatic rings. The molecule has 2 fully saturated rings. The van der Waals surface area contributed by atoms with Gasteiger partial charge >= 0.3 is 6.03 Å². The summed E-state index contributed by atoms with van der Waals surface area (Å²) in [6.45, 7) is 2.60. The lowest BCUT2D eigenvalue weighted by Crippen LogP contribution is -2.50. The van der Waals surface area contributed by atoms with E-state index < -0.39 is 0 Å². The molecule has 0 unspecified atom stereocenters. The fourth-order valence-corrected chi connectivity index (χ4v) is 3.39. The van der Waals surface area contributed by atoms with E-state index in [2.05, 4.69) is 45.1 Å². The first kappa shape index (κ1) is 16.1. The Kier molecular flexibility index (Phi) is 4.70. The molecule has 1 aliphatic carbocycles. The van der Waals surface area contributed by atoms with Crippen LogP contribution in [0.1, 0.15) is 31.2 Å². The summed E-state index contributed by atoms with van der Waals surface area (Å²) in [7, 11) is 0. The Bertz CT molecular complexity index is 687. The number of benzene rings is 1. The van der Waals surface area contributed by atoms with Crippen LogP contribution in [0, 0.1) is 0 Å². The van der Waals surface area contributed by atoms with Gasteiger partial charge in [0.25, 0.3) is 0 Å². The van der Waals surface area contributed by atoms with Gasteiger partial charge in [-0.3, -0.25) is 5.10 Å². The van der Waals surface area contributed by atoms with Crippen LogP contribution in [0.5, 0.6) is 0 Å². The van der Waals surface area contributed by atoms with Crippen molar-refractivity contribution in [2.75, 3.05) is 13.1 Å². The second kappa shape index (κ2) is 7.27. The molecular weight excluding hydrogens is 314 g/mol. The largest absolute Gasteiger partial charge is 0.334 e. The monoisotopic (exact) mass is 339 g/mol. The first-order valence-corrected chi connectivity index (χ1v) is 9.15. The third-order valence-corrected chi connectivity index (χ3v) is 5.01. The number of urea groups is 1. The summed E-state index contributed by atoms with van der Waals surface area (Å²) in [6, 6.07) is 9.12. The predicted octanol–water partition coefficient (Wildman–Crippen LogP) is 2.50. The lowest BCUT2D eigenvalue weighted by molar-refractivity contribution is 0.185. The van der Waals surface area contributed by atoms with E-state index in [1.165, 1.54) is 0 Å². The van der Waals surface area contributed by atoms with E-state index in [1.54, 1.807) is 0 Å². The Balaban J connectivity index is 1.40. The van der Waals surface area contributed by atoms with Crippen LogP contribution >= 0.6 is 0 Å². The second-order valence-electron chi connectivity index (χ2n) is 7.04. The molecule has 2 amide bonds. The highest BCUT2D eigenvalue weighted by molar-refractivity contribution is 5.75. The van der Waals surface area contributed by atoms with Crippen molar-refractivity contribution in [1.82, 2.24) is 25.7 Å². The number of hydrogen-bond acceptors (Lipinski definition) is 3. The van der Waals surface area contributed by atoms with Gasteiger partial charge < -0.3 is 15.5 Å². The SMILES string of the molecule is O=C(N[C@@H]1CCCNC1)N(Cc1ccc(-c2cn[nH]c2)cc1)C1CC1. The van der Waals surface area contributed by atoms with Crippen molar-refractivity contribution >= 4 is 6.03 Å². The molecule has 0 spiro atoms. The van der Waals surface area contributed by atoms with Gasteiger partial charge in [-0.1, -0.05) is 24.3 Å². The highest BCUT2D eigenvalue weighted by Gasteiger charge is 2.33. The highest BCUT2D eigenvalue weighted by atomic mass is 16.2. The molecule has 1 aliphatic heterocycles. The zero-order valence-electron chi connectivity index (χ0n) is 14.4. The average Bonchev–Trinajstić information content (AvgIpc) is 3.34. The number of carbonyl (C=O) groups is 1. The summed E-state index contributed by atoms with van der Waals surface area (Å²) in [5.41, 5.74) is 3.37. The van der Waals surface area contributed by atoms with Crippen LogP contribution in [-0.4, -0.2) is 46.3 Å². The van der Waals surface area contributed by atoms with Gasteiger partial charge in [-0.15, -0.1) is 0 Å². The Morgan fingerprint density at radius 3 is 2.68 bits per heavy atom. The van der Waals surface area contributed by atoms with Crippen molar-refractivity contribution in [2.45, 2.75) is 44.3 Å². The maximum atomic E-state index is 12.7. The lowest BCUT2D eigenvalue weighted by Gasteiger charge is -2.29. The number of aromatic amines is 1. The van der Waals surface area contributed by atoms with E-state index in [0.717, 1.165) is 55.5 Å². The van der Waals surface area contributed by atoms with Crippen molar-refractivity contribution in [3.05, 3.63) is 42.2 Å². The topological polar surface area (TPSA) is 73.1 Å². The van der Waals surface area contributed by atoms with Gasteiger partial charge in [0.05, 0.1) is 6.20 Å². The number of rotatable bonds is 5. The molecule has 2 heterocycles. The smallest absolute Gasteiger partial charge is 0.318 e. The minimum absolute atomic E-state index is 0.0788. The number of amides is 2. The van der Waals surface area contributed by atoms with Crippen molar-refractivity contribution in [2.24, 2.45) is 0 Å². The summed E-state index contributed by atoms with van der Waals surface area (Å²) in [5.74, 6) is 0. The van der Waals surface area contributed by atoms with Crippen LogP contribution in [-0.2, 0) is 6.54 Å². The van der Waals surface area contributed by atoms with Gasteiger partial charge in [-0.05, 0) is 43.4 Å². The molecule has 25 heavy (non-hydrogen) atoms. The van der Waals surface area contributed by atoms with Crippen LogP contribution in [0.4, 0.5) is 4.79 Å². The fourth-order valence-electron chi connectivity index (χ4n) is 3.39.